The van der Waals surface area contributed by atoms with Gasteiger partial charge in [0.05, 0.1) is 0 Å². The number of nitrogens with zero attached hydrogens (tertiary/aromatic N) is 1. The van der Waals surface area contributed by atoms with E-state index in [1.807, 2.05) is 0 Å². The molecule has 0 aliphatic heterocycles. The molecule has 1 heterocycles. The first kappa shape index (κ1) is 12.9. The number of hydrogen-bond donors (Lipinski definition) is 1. The van der Waals surface area contributed by atoms with Gasteiger partial charge in [0.1, 0.15) is 0 Å². The Balaban J connectivity index is 1.77. The Kier molecular flexibility index (Phi) is 3.19. The van der Waals surface area contributed by atoms with Crippen molar-refractivity contribution in [3.63, 3.8) is 0 Å². The molecule has 0 atom stereocenters. The van der Waals surface area contributed by atoms with Gasteiger partial charge in [0, 0.05) is 40.9 Å². The summed E-state index contributed by atoms with van der Waals surface area (Å²) in [7, 11) is 0. The largest absolute Gasteiger partial charge is 0.341 e. The number of aryl methyl sites for hydroxylation is 1. The predicted octanol–water partition coefficient (Wildman–Crippen LogP) is 4.46. The zero-order valence-electron chi connectivity index (χ0n) is 12.6. The molecule has 1 saturated carbocycles. The van der Waals surface area contributed by atoms with Gasteiger partial charge in [-0.2, -0.15) is 0 Å². The van der Waals surface area contributed by atoms with Gasteiger partial charge in [-0.1, -0.05) is 30.7 Å². The summed E-state index contributed by atoms with van der Waals surface area (Å²) >= 11 is 0. The summed E-state index contributed by atoms with van der Waals surface area (Å²) in [6.45, 7) is 4.23. The Hall–Kier alpha value is -1.80. The lowest BCUT2D eigenvalue weighted by molar-refractivity contribution is 0.338. The molecule has 21 heavy (non-hydrogen) atoms. The number of nitrogens with one attached hydrogen (secondary N) is 1. The van der Waals surface area contributed by atoms with Crippen LogP contribution in [-0.4, -0.2) is 10.6 Å². The molecule has 1 fully saturated rings. The quantitative estimate of drug-likeness (QED) is 0.745. The van der Waals surface area contributed by atoms with E-state index in [0.717, 1.165) is 19.1 Å². The maximum Gasteiger partial charge on any atom is 0.0491 e. The smallest absolute Gasteiger partial charge is 0.0491 e. The van der Waals surface area contributed by atoms with Crippen molar-refractivity contribution in [3.05, 3.63) is 48.0 Å². The molecule has 2 heteroatoms. The van der Waals surface area contributed by atoms with E-state index in [9.17, 15) is 0 Å². The van der Waals surface area contributed by atoms with E-state index in [4.69, 9.17) is 0 Å². The van der Waals surface area contributed by atoms with Gasteiger partial charge in [0.2, 0.25) is 0 Å². The second-order valence-corrected chi connectivity index (χ2v) is 6.12. The van der Waals surface area contributed by atoms with Gasteiger partial charge < -0.3 is 9.88 Å². The third-order valence-corrected chi connectivity index (χ3v) is 4.85. The SMILES string of the molecule is CCn1c2ccccc2c2cc(CNC3CCC3)ccc21. The summed E-state index contributed by atoms with van der Waals surface area (Å²) in [6, 6.07) is 16.4. The number of para-hydroxylation sites is 1. The molecule has 1 aliphatic carbocycles. The van der Waals surface area contributed by atoms with Crippen molar-refractivity contribution in [1.82, 2.24) is 9.88 Å². The summed E-state index contributed by atoms with van der Waals surface area (Å²) in [5.74, 6) is 0. The molecular weight excluding hydrogens is 256 g/mol. The molecule has 0 bridgehead atoms. The molecule has 4 rings (SSSR count). The highest BCUT2D eigenvalue weighted by Crippen LogP contribution is 2.29. The first-order valence-electron chi connectivity index (χ1n) is 8.10. The Morgan fingerprint density at radius 3 is 2.62 bits per heavy atom. The molecule has 2 nitrogen and oxygen atoms in total. The van der Waals surface area contributed by atoms with Gasteiger partial charge in [-0.25, -0.2) is 0 Å². The van der Waals surface area contributed by atoms with Crippen LogP contribution in [0.3, 0.4) is 0 Å². The molecule has 0 radical (unpaired) electrons. The molecule has 2 aromatic carbocycles. The lowest BCUT2D eigenvalue weighted by Gasteiger charge is -2.26. The molecule has 0 amide bonds. The standard InChI is InChI=1S/C19H22N2/c1-2-21-18-9-4-3-8-16(18)17-12-14(10-11-19(17)21)13-20-15-6-5-7-15/h3-4,8-12,15,20H,2,5-7,13H2,1H3. The van der Waals surface area contributed by atoms with Crippen LogP contribution in [0.4, 0.5) is 0 Å². The molecule has 0 unspecified atom stereocenters. The minimum Gasteiger partial charge on any atom is -0.341 e. The third kappa shape index (κ3) is 2.14. The Morgan fingerprint density at radius 2 is 1.86 bits per heavy atom. The summed E-state index contributed by atoms with van der Waals surface area (Å²) in [5, 5.41) is 6.43. The molecule has 1 aliphatic rings. The van der Waals surface area contributed by atoms with Gasteiger partial charge in [-0.05, 0) is 43.5 Å². The van der Waals surface area contributed by atoms with Gasteiger partial charge in [-0.3, -0.25) is 0 Å². The second kappa shape index (κ2) is 5.19. The van der Waals surface area contributed by atoms with Crippen LogP contribution in [0.1, 0.15) is 31.7 Å². The predicted molar refractivity (Wildman–Crippen MR) is 89.6 cm³/mol. The second-order valence-electron chi connectivity index (χ2n) is 6.12. The van der Waals surface area contributed by atoms with Crippen LogP contribution in [0.25, 0.3) is 21.8 Å². The third-order valence-electron chi connectivity index (χ3n) is 4.85. The Bertz CT molecular complexity index is 781. The average molecular weight is 278 g/mol. The molecule has 1 aromatic heterocycles. The van der Waals surface area contributed by atoms with Crippen molar-refractivity contribution in [1.29, 1.82) is 0 Å². The number of rotatable bonds is 4. The van der Waals surface area contributed by atoms with E-state index < -0.39 is 0 Å². The van der Waals surface area contributed by atoms with Crippen LogP contribution < -0.4 is 5.32 Å². The molecule has 0 spiro atoms. The van der Waals surface area contributed by atoms with Gasteiger partial charge in [-0.15, -0.1) is 0 Å². The van der Waals surface area contributed by atoms with E-state index in [-0.39, 0.29) is 0 Å². The summed E-state index contributed by atoms with van der Waals surface area (Å²) in [6.07, 6.45) is 4.08. The van der Waals surface area contributed by atoms with Crippen LogP contribution in [0.5, 0.6) is 0 Å². The lowest BCUT2D eigenvalue weighted by Crippen LogP contribution is -2.34. The molecule has 0 saturated heterocycles. The monoisotopic (exact) mass is 278 g/mol. The van der Waals surface area contributed by atoms with E-state index in [0.29, 0.717) is 0 Å². The minimum atomic E-state index is 0.748. The van der Waals surface area contributed by atoms with Crippen LogP contribution in [0.15, 0.2) is 42.5 Å². The fourth-order valence-corrected chi connectivity index (χ4v) is 3.43. The van der Waals surface area contributed by atoms with Crippen molar-refractivity contribution in [2.75, 3.05) is 0 Å². The maximum atomic E-state index is 3.66. The van der Waals surface area contributed by atoms with Gasteiger partial charge in [0.15, 0.2) is 0 Å². The lowest BCUT2D eigenvalue weighted by atomic mass is 9.93. The van der Waals surface area contributed by atoms with Crippen molar-refractivity contribution in [2.45, 2.75) is 45.3 Å². The van der Waals surface area contributed by atoms with Crippen LogP contribution in [0, 0.1) is 0 Å². The van der Waals surface area contributed by atoms with Crippen LogP contribution in [-0.2, 0) is 13.1 Å². The minimum absolute atomic E-state index is 0.748. The Morgan fingerprint density at radius 1 is 1.05 bits per heavy atom. The zero-order chi connectivity index (χ0) is 14.2. The maximum absolute atomic E-state index is 3.66. The molecule has 1 N–H and O–H groups in total. The normalized spacial score (nSPS) is 15.7. The highest BCUT2D eigenvalue weighted by atomic mass is 15.0. The van der Waals surface area contributed by atoms with Crippen LogP contribution >= 0.6 is 0 Å². The fourth-order valence-electron chi connectivity index (χ4n) is 3.43. The molecular formula is C19H22N2. The summed E-state index contributed by atoms with van der Waals surface area (Å²) in [4.78, 5) is 0. The van der Waals surface area contributed by atoms with Crippen molar-refractivity contribution in [3.8, 4) is 0 Å². The van der Waals surface area contributed by atoms with Crippen molar-refractivity contribution >= 4 is 21.8 Å². The number of aromatic nitrogens is 1. The first-order chi connectivity index (χ1) is 10.4. The Labute approximate surface area is 125 Å². The first-order valence-corrected chi connectivity index (χ1v) is 8.10. The topological polar surface area (TPSA) is 17.0 Å². The fraction of sp³-hybridized carbons (Fsp3) is 0.368. The van der Waals surface area contributed by atoms with Gasteiger partial charge in [0.25, 0.3) is 0 Å². The van der Waals surface area contributed by atoms with E-state index in [1.54, 1.807) is 0 Å². The van der Waals surface area contributed by atoms with E-state index in [2.05, 4.69) is 59.3 Å². The zero-order valence-corrected chi connectivity index (χ0v) is 12.6. The highest BCUT2D eigenvalue weighted by Gasteiger charge is 2.16. The molecule has 3 aromatic rings. The van der Waals surface area contributed by atoms with Gasteiger partial charge >= 0.3 is 0 Å². The van der Waals surface area contributed by atoms with E-state index >= 15 is 0 Å². The van der Waals surface area contributed by atoms with Crippen LogP contribution in [0.2, 0.25) is 0 Å². The van der Waals surface area contributed by atoms with E-state index in [1.165, 1.54) is 46.6 Å². The summed E-state index contributed by atoms with van der Waals surface area (Å²) in [5.41, 5.74) is 4.10. The molecule has 108 valence electrons. The summed E-state index contributed by atoms with van der Waals surface area (Å²) < 4.78 is 2.41. The number of benzene rings is 2. The van der Waals surface area contributed by atoms with Crippen molar-refractivity contribution < 1.29 is 0 Å². The van der Waals surface area contributed by atoms with Crippen molar-refractivity contribution in [2.24, 2.45) is 0 Å². The number of fused-ring (bicyclic) bond motifs is 3. The number of hydrogen-bond acceptors (Lipinski definition) is 1. The average Bonchev–Trinajstić information content (AvgIpc) is 2.79. The highest BCUT2D eigenvalue weighted by molar-refractivity contribution is 6.08.